The lowest BCUT2D eigenvalue weighted by Crippen LogP contribution is -2.41. The quantitative estimate of drug-likeness (QED) is 0.816. The van der Waals surface area contributed by atoms with Crippen molar-refractivity contribution < 1.29 is 9.53 Å². The number of carbonyl (C=O) groups excluding carboxylic acids is 1. The summed E-state index contributed by atoms with van der Waals surface area (Å²) < 4.78 is 5.76. The molecule has 0 unspecified atom stereocenters. The minimum absolute atomic E-state index is 0.142. The summed E-state index contributed by atoms with van der Waals surface area (Å²) in [6, 6.07) is 3.73. The summed E-state index contributed by atoms with van der Waals surface area (Å²) in [6.07, 6.45) is 2.44. The third-order valence-corrected chi connectivity index (χ3v) is 3.16. The maximum absolute atomic E-state index is 11.5. The van der Waals surface area contributed by atoms with Crippen molar-refractivity contribution >= 4 is 5.91 Å². The molecule has 2 heterocycles. The lowest BCUT2D eigenvalue weighted by Gasteiger charge is -2.31. The molecule has 0 aliphatic carbocycles. The van der Waals surface area contributed by atoms with E-state index in [1.807, 2.05) is 30.9 Å². The molecule has 0 spiro atoms. The molecular weight excluding hydrogens is 230 g/mol. The molecule has 1 amide bonds. The number of piperidine rings is 1. The van der Waals surface area contributed by atoms with Gasteiger partial charge >= 0.3 is 0 Å². The van der Waals surface area contributed by atoms with Crippen LogP contribution >= 0.6 is 0 Å². The van der Waals surface area contributed by atoms with E-state index < -0.39 is 0 Å². The Kier molecular flexibility index (Phi) is 4.12. The standard InChI is InChI=1S/C13H19N3O2/c1-3-13(17)16-8-6-11(7-9-16)18-12-5-4-10(2)14-15-12/h4-5,11H,3,6-9H2,1-2H3. The van der Waals surface area contributed by atoms with Crippen LogP contribution in [-0.2, 0) is 4.79 Å². The molecule has 1 saturated heterocycles. The fraction of sp³-hybridized carbons (Fsp3) is 0.615. The number of carbonyl (C=O) groups is 1. The summed E-state index contributed by atoms with van der Waals surface area (Å²) in [5.74, 6) is 0.796. The van der Waals surface area contributed by atoms with Crippen LogP contribution in [0, 0.1) is 6.92 Å². The average molecular weight is 249 g/mol. The summed E-state index contributed by atoms with van der Waals surface area (Å²) >= 11 is 0. The highest BCUT2D eigenvalue weighted by Gasteiger charge is 2.23. The van der Waals surface area contributed by atoms with E-state index in [1.165, 1.54) is 0 Å². The second-order valence-corrected chi connectivity index (χ2v) is 4.56. The zero-order valence-corrected chi connectivity index (χ0v) is 10.9. The van der Waals surface area contributed by atoms with Crippen molar-refractivity contribution in [2.45, 2.75) is 39.2 Å². The van der Waals surface area contributed by atoms with Crippen LogP contribution in [0.1, 0.15) is 31.9 Å². The van der Waals surface area contributed by atoms with E-state index in [4.69, 9.17) is 4.74 Å². The fourth-order valence-corrected chi connectivity index (χ4v) is 2.07. The summed E-state index contributed by atoms with van der Waals surface area (Å²) in [7, 11) is 0. The summed E-state index contributed by atoms with van der Waals surface area (Å²) in [5, 5.41) is 7.95. The second-order valence-electron chi connectivity index (χ2n) is 4.56. The van der Waals surface area contributed by atoms with Crippen LogP contribution in [0.3, 0.4) is 0 Å². The number of aromatic nitrogens is 2. The molecule has 1 aliphatic rings. The Hall–Kier alpha value is -1.65. The Morgan fingerprint density at radius 2 is 2.11 bits per heavy atom. The second kappa shape index (κ2) is 5.80. The molecule has 0 atom stereocenters. The Labute approximate surface area is 107 Å². The van der Waals surface area contributed by atoms with Gasteiger partial charge in [0.15, 0.2) is 0 Å². The summed E-state index contributed by atoms with van der Waals surface area (Å²) in [4.78, 5) is 13.4. The molecule has 5 heteroatoms. The SMILES string of the molecule is CCC(=O)N1CCC(Oc2ccc(C)nn2)CC1. The van der Waals surface area contributed by atoms with Crippen LogP contribution < -0.4 is 4.74 Å². The van der Waals surface area contributed by atoms with Crippen molar-refractivity contribution in [3.8, 4) is 5.88 Å². The van der Waals surface area contributed by atoms with Gasteiger partial charge in [-0.3, -0.25) is 4.79 Å². The zero-order valence-electron chi connectivity index (χ0n) is 10.9. The Balaban J connectivity index is 1.83. The molecule has 1 fully saturated rings. The van der Waals surface area contributed by atoms with Crippen molar-refractivity contribution in [3.05, 3.63) is 17.8 Å². The van der Waals surface area contributed by atoms with E-state index in [9.17, 15) is 4.79 Å². The summed E-state index contributed by atoms with van der Waals surface area (Å²) in [6.45, 7) is 5.34. The first-order chi connectivity index (χ1) is 8.69. The zero-order chi connectivity index (χ0) is 13.0. The number of aryl methyl sites for hydroxylation is 1. The number of amides is 1. The van der Waals surface area contributed by atoms with E-state index >= 15 is 0 Å². The number of ether oxygens (including phenoxy) is 1. The minimum atomic E-state index is 0.142. The number of hydrogen-bond donors (Lipinski definition) is 0. The van der Waals surface area contributed by atoms with Gasteiger partial charge in [-0.25, -0.2) is 0 Å². The van der Waals surface area contributed by atoms with Crippen molar-refractivity contribution in [3.63, 3.8) is 0 Å². The molecule has 5 nitrogen and oxygen atoms in total. The van der Waals surface area contributed by atoms with Gasteiger partial charge in [0.25, 0.3) is 0 Å². The van der Waals surface area contributed by atoms with Crippen LogP contribution in [0.25, 0.3) is 0 Å². The van der Waals surface area contributed by atoms with E-state index in [1.54, 1.807) is 0 Å². The first-order valence-electron chi connectivity index (χ1n) is 6.44. The third kappa shape index (κ3) is 3.18. The lowest BCUT2D eigenvalue weighted by molar-refractivity contribution is -0.132. The van der Waals surface area contributed by atoms with Gasteiger partial charge in [-0.2, -0.15) is 5.10 Å². The Morgan fingerprint density at radius 1 is 1.39 bits per heavy atom. The first-order valence-corrected chi connectivity index (χ1v) is 6.44. The fourth-order valence-electron chi connectivity index (χ4n) is 2.07. The topological polar surface area (TPSA) is 55.3 Å². The van der Waals surface area contributed by atoms with Gasteiger partial charge in [-0.1, -0.05) is 6.92 Å². The van der Waals surface area contributed by atoms with Crippen LogP contribution in [0.4, 0.5) is 0 Å². The molecule has 1 aromatic rings. The lowest BCUT2D eigenvalue weighted by atomic mass is 10.1. The highest BCUT2D eigenvalue weighted by molar-refractivity contribution is 5.75. The highest BCUT2D eigenvalue weighted by atomic mass is 16.5. The van der Waals surface area contributed by atoms with Crippen LogP contribution in [0.5, 0.6) is 5.88 Å². The third-order valence-electron chi connectivity index (χ3n) is 3.16. The van der Waals surface area contributed by atoms with Gasteiger partial charge in [-0.05, 0) is 13.0 Å². The molecule has 0 radical (unpaired) electrons. The van der Waals surface area contributed by atoms with Crippen molar-refractivity contribution in [2.75, 3.05) is 13.1 Å². The van der Waals surface area contributed by atoms with E-state index in [0.717, 1.165) is 31.6 Å². The van der Waals surface area contributed by atoms with Gasteiger partial charge in [-0.15, -0.1) is 5.10 Å². The number of rotatable bonds is 3. The molecule has 0 bridgehead atoms. The van der Waals surface area contributed by atoms with Gasteiger partial charge in [0.05, 0.1) is 5.69 Å². The van der Waals surface area contributed by atoms with E-state index in [2.05, 4.69) is 10.2 Å². The van der Waals surface area contributed by atoms with Gasteiger partial charge < -0.3 is 9.64 Å². The molecule has 98 valence electrons. The molecule has 0 aromatic carbocycles. The van der Waals surface area contributed by atoms with Crippen molar-refractivity contribution in [2.24, 2.45) is 0 Å². The predicted molar refractivity (Wildman–Crippen MR) is 67.3 cm³/mol. The van der Waals surface area contributed by atoms with Gasteiger partial charge in [0.2, 0.25) is 11.8 Å². The number of hydrogen-bond acceptors (Lipinski definition) is 4. The monoisotopic (exact) mass is 249 g/mol. The van der Waals surface area contributed by atoms with E-state index in [-0.39, 0.29) is 12.0 Å². The Morgan fingerprint density at radius 3 is 2.67 bits per heavy atom. The minimum Gasteiger partial charge on any atom is -0.473 e. The van der Waals surface area contributed by atoms with E-state index in [0.29, 0.717) is 12.3 Å². The maximum atomic E-state index is 11.5. The van der Waals surface area contributed by atoms with Crippen LogP contribution in [0.2, 0.25) is 0 Å². The highest BCUT2D eigenvalue weighted by Crippen LogP contribution is 2.17. The van der Waals surface area contributed by atoms with Gasteiger partial charge in [0.1, 0.15) is 6.10 Å². The molecule has 0 saturated carbocycles. The first kappa shape index (κ1) is 12.8. The molecule has 1 aliphatic heterocycles. The molecule has 1 aromatic heterocycles. The molecule has 2 rings (SSSR count). The number of likely N-dealkylation sites (tertiary alicyclic amines) is 1. The smallest absolute Gasteiger partial charge is 0.233 e. The van der Waals surface area contributed by atoms with Crippen molar-refractivity contribution in [1.82, 2.24) is 15.1 Å². The number of nitrogens with zero attached hydrogens (tertiary/aromatic N) is 3. The van der Waals surface area contributed by atoms with Gasteiger partial charge in [0, 0.05) is 38.4 Å². The van der Waals surface area contributed by atoms with Crippen LogP contribution in [0.15, 0.2) is 12.1 Å². The molecule has 0 N–H and O–H groups in total. The molecule has 18 heavy (non-hydrogen) atoms. The average Bonchev–Trinajstić information content (AvgIpc) is 2.41. The maximum Gasteiger partial charge on any atom is 0.233 e. The largest absolute Gasteiger partial charge is 0.473 e. The molecular formula is C13H19N3O2. The summed E-state index contributed by atoms with van der Waals surface area (Å²) in [5.41, 5.74) is 0.880. The predicted octanol–water partition coefficient (Wildman–Crippen LogP) is 1.56. The normalized spacial score (nSPS) is 16.7. The Bertz CT molecular complexity index is 397. The van der Waals surface area contributed by atoms with Crippen molar-refractivity contribution in [1.29, 1.82) is 0 Å². The van der Waals surface area contributed by atoms with Crippen LogP contribution in [-0.4, -0.2) is 40.2 Å².